The van der Waals surface area contributed by atoms with Gasteiger partial charge < -0.3 is 18.6 Å². The van der Waals surface area contributed by atoms with Crippen molar-refractivity contribution in [3.05, 3.63) is 0 Å². The molecule has 3 fully saturated rings. The molecule has 0 N–H and O–H groups in total. The highest BCUT2D eigenvalue weighted by Gasteiger charge is 2.63. The van der Waals surface area contributed by atoms with Crippen molar-refractivity contribution in [2.75, 3.05) is 6.54 Å². The van der Waals surface area contributed by atoms with Crippen molar-refractivity contribution in [3.8, 4) is 0 Å². The van der Waals surface area contributed by atoms with Crippen LogP contribution in [-0.2, 0) is 29.6 Å². The molecule has 27 heavy (non-hydrogen) atoms. The Labute approximate surface area is 168 Å². The zero-order chi connectivity index (χ0) is 20.6. The van der Waals surface area contributed by atoms with Gasteiger partial charge in [-0.3, -0.25) is 0 Å². The number of rotatable bonds is 4. The summed E-state index contributed by atoms with van der Waals surface area (Å²) in [5.74, 6) is -0.657. The normalized spacial score (nSPS) is 40.1. The Morgan fingerprint density at radius 2 is 1.59 bits per heavy atom. The van der Waals surface area contributed by atoms with Gasteiger partial charge in [-0.2, -0.15) is 0 Å². The summed E-state index contributed by atoms with van der Waals surface area (Å²) in [6, 6.07) is 0.0862. The van der Waals surface area contributed by atoms with Crippen molar-refractivity contribution in [1.82, 2.24) is 4.31 Å². The molecule has 0 aromatic rings. The number of hydrogen-bond donors (Lipinski definition) is 0. The topological polar surface area (TPSA) is 57.0 Å². The third-order valence-electron chi connectivity index (χ3n) is 5.98. The van der Waals surface area contributed by atoms with Gasteiger partial charge in [-0.1, -0.05) is 20.8 Å². The fourth-order valence-electron chi connectivity index (χ4n) is 3.41. The quantitative estimate of drug-likeness (QED) is 0.516. The van der Waals surface area contributed by atoms with E-state index in [1.807, 2.05) is 38.9 Å². The molecule has 0 radical (unpaired) electrons. The van der Waals surface area contributed by atoms with Crippen LogP contribution in [-0.4, -0.2) is 64.6 Å². The average Bonchev–Trinajstić information content (AvgIpc) is 3.09. The lowest BCUT2D eigenvalue weighted by atomic mass is 10.1. The van der Waals surface area contributed by atoms with Gasteiger partial charge in [-0.15, -0.1) is 0 Å². The van der Waals surface area contributed by atoms with Crippen LogP contribution in [0.4, 0.5) is 0 Å². The largest absolute Gasteiger partial charge is 0.390 e. The van der Waals surface area contributed by atoms with Crippen molar-refractivity contribution in [3.63, 3.8) is 0 Å². The molecule has 0 bridgehead atoms. The first-order chi connectivity index (χ1) is 12.0. The van der Waals surface area contributed by atoms with Crippen LogP contribution in [0.2, 0.25) is 18.1 Å². The minimum atomic E-state index is -2.02. The van der Waals surface area contributed by atoms with Crippen LogP contribution in [0.5, 0.6) is 0 Å². The molecule has 0 amide bonds. The number of hydrogen-bond acceptors (Lipinski definition) is 5. The van der Waals surface area contributed by atoms with Crippen LogP contribution in [0.1, 0.15) is 55.4 Å². The van der Waals surface area contributed by atoms with Crippen LogP contribution >= 0.6 is 0 Å². The molecule has 0 saturated carbocycles. The first-order valence-corrected chi connectivity index (χ1v) is 13.9. The van der Waals surface area contributed by atoms with Crippen molar-refractivity contribution in [2.45, 2.75) is 115 Å². The van der Waals surface area contributed by atoms with Crippen LogP contribution < -0.4 is 0 Å². The SMILES string of the molecule is CC1(C)O[C@@H]2[C@H](O1)[C@@H](O[Si](C)(C)C(C)(C)C)O[C@@H]2[C@H]1CN1S(=O)C(C)(C)C. The summed E-state index contributed by atoms with van der Waals surface area (Å²) in [6.07, 6.45) is -1.06. The molecule has 7 atom stereocenters. The van der Waals surface area contributed by atoms with Gasteiger partial charge in [0, 0.05) is 6.54 Å². The van der Waals surface area contributed by atoms with Gasteiger partial charge in [0.2, 0.25) is 0 Å². The fraction of sp³-hybridized carbons (Fsp3) is 1.00. The maximum absolute atomic E-state index is 12.7. The van der Waals surface area contributed by atoms with Crippen molar-refractivity contribution in [2.24, 2.45) is 0 Å². The predicted octanol–water partition coefficient (Wildman–Crippen LogP) is 3.40. The molecule has 0 spiro atoms. The zero-order valence-corrected chi connectivity index (χ0v) is 20.3. The van der Waals surface area contributed by atoms with Gasteiger partial charge in [0.05, 0.1) is 10.8 Å². The summed E-state index contributed by atoms with van der Waals surface area (Å²) in [6.45, 7) is 21.7. The van der Waals surface area contributed by atoms with E-state index in [4.69, 9.17) is 18.6 Å². The molecule has 3 aliphatic heterocycles. The lowest BCUT2D eigenvalue weighted by Gasteiger charge is -2.39. The fourth-order valence-corrected chi connectivity index (χ4v) is 5.89. The second-order valence-electron chi connectivity index (χ2n) is 10.9. The maximum Gasteiger partial charge on any atom is 0.195 e. The van der Waals surface area contributed by atoms with E-state index < -0.39 is 31.4 Å². The lowest BCUT2D eigenvalue weighted by molar-refractivity contribution is -0.216. The molecule has 6 nitrogen and oxygen atoms in total. The highest BCUT2D eigenvalue weighted by Crippen LogP contribution is 2.47. The second kappa shape index (κ2) is 6.59. The summed E-state index contributed by atoms with van der Waals surface area (Å²) >= 11 is 0. The van der Waals surface area contributed by atoms with Crippen molar-refractivity contribution in [1.29, 1.82) is 0 Å². The summed E-state index contributed by atoms with van der Waals surface area (Å²) in [4.78, 5) is 0. The van der Waals surface area contributed by atoms with E-state index in [0.29, 0.717) is 0 Å². The Morgan fingerprint density at radius 3 is 2.11 bits per heavy atom. The van der Waals surface area contributed by atoms with Crippen molar-refractivity contribution < 1.29 is 22.8 Å². The van der Waals surface area contributed by atoms with E-state index in [2.05, 4.69) is 33.9 Å². The van der Waals surface area contributed by atoms with Crippen LogP contribution in [0.3, 0.4) is 0 Å². The van der Waals surface area contributed by atoms with Crippen LogP contribution in [0.25, 0.3) is 0 Å². The Morgan fingerprint density at radius 1 is 1.04 bits per heavy atom. The molecule has 0 aliphatic carbocycles. The number of fused-ring (bicyclic) bond motifs is 1. The minimum Gasteiger partial charge on any atom is -0.390 e. The van der Waals surface area contributed by atoms with Gasteiger partial charge in [-0.05, 0) is 52.8 Å². The lowest BCUT2D eigenvalue weighted by Crippen LogP contribution is -2.47. The Balaban J connectivity index is 1.77. The molecule has 3 rings (SSSR count). The van der Waals surface area contributed by atoms with Crippen LogP contribution in [0.15, 0.2) is 0 Å². The van der Waals surface area contributed by atoms with Gasteiger partial charge in [0.1, 0.15) is 29.3 Å². The second-order valence-corrected chi connectivity index (χ2v) is 17.9. The van der Waals surface area contributed by atoms with Gasteiger partial charge in [0.15, 0.2) is 20.4 Å². The smallest absolute Gasteiger partial charge is 0.195 e. The summed E-state index contributed by atoms with van der Waals surface area (Å²) in [7, 11) is -3.07. The van der Waals surface area contributed by atoms with Crippen molar-refractivity contribution >= 4 is 19.3 Å². The van der Waals surface area contributed by atoms with Gasteiger partial charge >= 0.3 is 0 Å². The molecule has 3 saturated heterocycles. The number of ether oxygens (including phenoxy) is 3. The molecule has 3 aliphatic rings. The maximum atomic E-state index is 12.7. The van der Waals surface area contributed by atoms with E-state index in [-0.39, 0.29) is 34.1 Å². The highest BCUT2D eigenvalue weighted by molar-refractivity contribution is 7.84. The first kappa shape index (κ1) is 21.9. The third kappa shape index (κ3) is 4.22. The Kier molecular flexibility index (Phi) is 5.33. The molecule has 3 heterocycles. The molecule has 0 aromatic carbocycles. The molecule has 0 aromatic heterocycles. The van der Waals surface area contributed by atoms with E-state index in [1.54, 1.807) is 0 Å². The predicted molar refractivity (Wildman–Crippen MR) is 109 cm³/mol. The molecular weight excluding hydrogens is 382 g/mol. The monoisotopic (exact) mass is 419 g/mol. The standard InChI is InChI=1S/C19H37NO5SSi/c1-17(2,3)26(21)20-11-12(20)13-14-15(24-19(7,8)23-14)16(22-13)25-27(9,10)18(4,5)6/h12-16H,11H2,1-10H3/t12-,13-,14+,15+,16-,20?,26?/m1/s1. The third-order valence-corrected chi connectivity index (χ3v) is 12.3. The first-order valence-electron chi connectivity index (χ1n) is 9.91. The van der Waals surface area contributed by atoms with E-state index >= 15 is 0 Å². The van der Waals surface area contributed by atoms with Gasteiger partial charge in [0.25, 0.3) is 0 Å². The van der Waals surface area contributed by atoms with Gasteiger partial charge in [-0.25, -0.2) is 8.51 Å². The Hall–Kier alpha value is 0.167. The average molecular weight is 420 g/mol. The zero-order valence-electron chi connectivity index (χ0n) is 18.5. The molecule has 158 valence electrons. The van der Waals surface area contributed by atoms with E-state index in [0.717, 1.165) is 6.54 Å². The van der Waals surface area contributed by atoms with Crippen LogP contribution in [0, 0.1) is 0 Å². The number of nitrogens with zero attached hydrogens (tertiary/aromatic N) is 1. The summed E-state index contributed by atoms with van der Waals surface area (Å²) in [5, 5.41) is 0.0816. The molecule has 2 unspecified atom stereocenters. The minimum absolute atomic E-state index is 0.0816. The highest BCUT2D eigenvalue weighted by atomic mass is 32.2. The Bertz CT molecular complexity index is 612. The van der Waals surface area contributed by atoms with E-state index in [1.165, 1.54) is 0 Å². The molecule has 8 heteroatoms. The molecular formula is C19H37NO5SSi. The van der Waals surface area contributed by atoms with E-state index in [9.17, 15) is 4.21 Å². The summed E-state index contributed by atoms with van der Waals surface area (Å²) < 4.78 is 39.7. The summed E-state index contributed by atoms with van der Waals surface area (Å²) in [5.41, 5.74) is 0.